The highest BCUT2D eigenvalue weighted by Crippen LogP contribution is 2.43. The minimum atomic E-state index is -1.10. The third-order valence-corrected chi connectivity index (χ3v) is 4.26. The first kappa shape index (κ1) is 16.4. The van der Waals surface area contributed by atoms with Crippen molar-refractivity contribution in [1.29, 1.82) is 0 Å². The molecule has 2 rings (SSSR count). The smallest absolute Gasteiger partial charge is 0.354 e. The summed E-state index contributed by atoms with van der Waals surface area (Å²) in [5, 5.41) is 11.7. The number of carbonyl (C=O) groups is 2. The molecule has 22 heavy (non-hydrogen) atoms. The van der Waals surface area contributed by atoms with Crippen LogP contribution < -0.4 is 5.32 Å². The summed E-state index contributed by atoms with van der Waals surface area (Å²) in [6, 6.07) is 2.82. The second kappa shape index (κ2) is 7.35. The Morgan fingerprint density at radius 2 is 2.18 bits per heavy atom. The van der Waals surface area contributed by atoms with E-state index in [4.69, 9.17) is 9.84 Å². The Hall–Kier alpha value is -1.95. The zero-order valence-corrected chi connectivity index (χ0v) is 12.8. The molecule has 120 valence electrons. The summed E-state index contributed by atoms with van der Waals surface area (Å²) in [6.07, 6.45) is 5.66. The fourth-order valence-corrected chi connectivity index (χ4v) is 2.65. The van der Waals surface area contributed by atoms with Crippen molar-refractivity contribution in [1.82, 2.24) is 10.3 Å². The van der Waals surface area contributed by atoms with Crippen molar-refractivity contribution < 1.29 is 19.4 Å². The predicted octanol–water partition coefficient (Wildman–Crippen LogP) is 2.11. The van der Waals surface area contributed by atoms with Crippen LogP contribution in [0.2, 0.25) is 0 Å². The number of amides is 1. The Labute approximate surface area is 129 Å². The van der Waals surface area contributed by atoms with Crippen molar-refractivity contribution in [2.45, 2.75) is 32.6 Å². The lowest BCUT2D eigenvalue weighted by molar-refractivity contribution is 0.0513. The lowest BCUT2D eigenvalue weighted by Crippen LogP contribution is -2.43. The van der Waals surface area contributed by atoms with Gasteiger partial charge in [0.05, 0.1) is 5.56 Å². The SMILES string of the molecule is CCOCCC1(CNC(=O)c2ccc(C(=O)O)nc2)CCC1. The molecule has 0 unspecified atom stereocenters. The van der Waals surface area contributed by atoms with Gasteiger partial charge in [0.25, 0.3) is 5.91 Å². The molecule has 0 atom stereocenters. The summed E-state index contributed by atoms with van der Waals surface area (Å²) in [5.41, 5.74) is 0.465. The van der Waals surface area contributed by atoms with Crippen molar-refractivity contribution >= 4 is 11.9 Å². The second-order valence-corrected chi connectivity index (χ2v) is 5.72. The van der Waals surface area contributed by atoms with E-state index < -0.39 is 5.97 Å². The summed E-state index contributed by atoms with van der Waals surface area (Å²) in [5.74, 6) is -1.32. The maximum atomic E-state index is 12.1. The van der Waals surface area contributed by atoms with Crippen LogP contribution in [0.1, 0.15) is 53.5 Å². The van der Waals surface area contributed by atoms with Crippen LogP contribution >= 0.6 is 0 Å². The Kier molecular flexibility index (Phi) is 5.49. The van der Waals surface area contributed by atoms with E-state index in [1.165, 1.54) is 24.8 Å². The summed E-state index contributed by atoms with van der Waals surface area (Å²) in [6.45, 7) is 4.04. The zero-order valence-electron chi connectivity index (χ0n) is 12.8. The van der Waals surface area contributed by atoms with Crippen LogP contribution in [0.4, 0.5) is 0 Å². The topological polar surface area (TPSA) is 88.5 Å². The number of nitrogens with one attached hydrogen (secondary N) is 1. The molecule has 1 aliphatic carbocycles. The third-order valence-electron chi connectivity index (χ3n) is 4.26. The van der Waals surface area contributed by atoms with Gasteiger partial charge in [0.2, 0.25) is 0 Å². The number of carboxylic acid groups (broad SMARTS) is 1. The molecule has 1 heterocycles. The standard InChI is InChI=1S/C16H22N2O4/c1-2-22-9-8-16(6-3-7-16)11-18-14(19)12-4-5-13(15(20)21)17-10-12/h4-5,10H,2-3,6-9,11H2,1H3,(H,18,19)(H,20,21). The van der Waals surface area contributed by atoms with Gasteiger partial charge in [0, 0.05) is 26.0 Å². The van der Waals surface area contributed by atoms with Crippen molar-refractivity contribution in [3.8, 4) is 0 Å². The molecule has 1 amide bonds. The monoisotopic (exact) mass is 306 g/mol. The predicted molar refractivity (Wildman–Crippen MR) is 80.9 cm³/mol. The van der Waals surface area contributed by atoms with Gasteiger partial charge < -0.3 is 15.2 Å². The molecule has 0 aromatic carbocycles. The van der Waals surface area contributed by atoms with E-state index in [0.29, 0.717) is 18.7 Å². The maximum absolute atomic E-state index is 12.1. The van der Waals surface area contributed by atoms with Crippen LogP contribution in [-0.2, 0) is 4.74 Å². The van der Waals surface area contributed by atoms with Crippen LogP contribution in [-0.4, -0.2) is 41.7 Å². The largest absolute Gasteiger partial charge is 0.477 e. The normalized spacial score (nSPS) is 15.9. The van der Waals surface area contributed by atoms with Gasteiger partial charge in [-0.05, 0) is 43.7 Å². The van der Waals surface area contributed by atoms with Gasteiger partial charge in [-0.25, -0.2) is 9.78 Å². The molecule has 0 saturated heterocycles. The van der Waals surface area contributed by atoms with Crippen molar-refractivity contribution in [3.05, 3.63) is 29.6 Å². The molecule has 6 nitrogen and oxygen atoms in total. The third kappa shape index (κ3) is 4.04. The van der Waals surface area contributed by atoms with E-state index >= 15 is 0 Å². The Morgan fingerprint density at radius 3 is 2.68 bits per heavy atom. The van der Waals surface area contributed by atoms with Crippen LogP contribution in [0, 0.1) is 5.41 Å². The van der Waals surface area contributed by atoms with Crippen LogP contribution in [0.25, 0.3) is 0 Å². The van der Waals surface area contributed by atoms with Crippen LogP contribution in [0.5, 0.6) is 0 Å². The molecule has 0 bridgehead atoms. The number of aromatic carboxylic acids is 1. The summed E-state index contributed by atoms with van der Waals surface area (Å²) < 4.78 is 5.41. The van der Waals surface area contributed by atoms with E-state index in [-0.39, 0.29) is 17.0 Å². The van der Waals surface area contributed by atoms with Gasteiger partial charge in [-0.15, -0.1) is 0 Å². The molecule has 0 spiro atoms. The minimum Gasteiger partial charge on any atom is -0.477 e. The second-order valence-electron chi connectivity index (χ2n) is 5.72. The van der Waals surface area contributed by atoms with Gasteiger partial charge in [0.15, 0.2) is 0 Å². The molecule has 1 aromatic heterocycles. The first-order chi connectivity index (χ1) is 10.6. The number of carbonyl (C=O) groups excluding carboxylic acids is 1. The van der Waals surface area contributed by atoms with Gasteiger partial charge in [0.1, 0.15) is 5.69 Å². The number of hydrogen-bond donors (Lipinski definition) is 2. The quantitative estimate of drug-likeness (QED) is 0.718. The molecule has 1 aromatic rings. The molecule has 1 aliphatic rings. The molecule has 0 radical (unpaired) electrons. The highest BCUT2D eigenvalue weighted by Gasteiger charge is 2.36. The Bertz CT molecular complexity index is 523. The number of pyridine rings is 1. The van der Waals surface area contributed by atoms with Crippen LogP contribution in [0.3, 0.4) is 0 Å². The van der Waals surface area contributed by atoms with Crippen LogP contribution in [0.15, 0.2) is 18.3 Å². The number of hydrogen-bond acceptors (Lipinski definition) is 4. The number of nitrogens with zero attached hydrogens (tertiary/aromatic N) is 1. The van der Waals surface area contributed by atoms with Gasteiger partial charge in [-0.2, -0.15) is 0 Å². The minimum absolute atomic E-state index is 0.0660. The fraction of sp³-hybridized carbons (Fsp3) is 0.562. The molecule has 1 saturated carbocycles. The Balaban J connectivity index is 1.87. The summed E-state index contributed by atoms with van der Waals surface area (Å²) >= 11 is 0. The van der Waals surface area contributed by atoms with E-state index in [1.807, 2.05) is 6.92 Å². The average molecular weight is 306 g/mol. The Morgan fingerprint density at radius 1 is 1.41 bits per heavy atom. The van der Waals surface area contributed by atoms with Crippen molar-refractivity contribution in [2.75, 3.05) is 19.8 Å². The molecular formula is C16H22N2O4. The fourth-order valence-electron chi connectivity index (χ4n) is 2.65. The molecule has 2 N–H and O–H groups in total. The average Bonchev–Trinajstić information content (AvgIpc) is 2.49. The zero-order chi connectivity index (χ0) is 16.0. The lowest BCUT2D eigenvalue weighted by Gasteiger charge is -2.42. The summed E-state index contributed by atoms with van der Waals surface area (Å²) in [7, 11) is 0. The highest BCUT2D eigenvalue weighted by molar-refractivity contribution is 5.94. The number of ether oxygens (including phenoxy) is 1. The number of carboxylic acids is 1. The van der Waals surface area contributed by atoms with Crippen molar-refractivity contribution in [2.24, 2.45) is 5.41 Å². The maximum Gasteiger partial charge on any atom is 0.354 e. The first-order valence-corrected chi connectivity index (χ1v) is 7.62. The first-order valence-electron chi connectivity index (χ1n) is 7.62. The highest BCUT2D eigenvalue weighted by atomic mass is 16.5. The lowest BCUT2D eigenvalue weighted by atomic mass is 9.66. The van der Waals surface area contributed by atoms with E-state index in [0.717, 1.165) is 25.9 Å². The van der Waals surface area contributed by atoms with Gasteiger partial charge in [-0.1, -0.05) is 6.42 Å². The number of aromatic nitrogens is 1. The van der Waals surface area contributed by atoms with Gasteiger partial charge >= 0.3 is 5.97 Å². The van der Waals surface area contributed by atoms with Gasteiger partial charge in [-0.3, -0.25) is 4.79 Å². The van der Waals surface area contributed by atoms with E-state index in [1.54, 1.807) is 0 Å². The molecule has 6 heteroatoms. The van der Waals surface area contributed by atoms with E-state index in [2.05, 4.69) is 10.3 Å². The molecule has 0 aliphatic heterocycles. The summed E-state index contributed by atoms with van der Waals surface area (Å²) in [4.78, 5) is 26.6. The molecule has 1 fully saturated rings. The van der Waals surface area contributed by atoms with E-state index in [9.17, 15) is 9.59 Å². The van der Waals surface area contributed by atoms with Crippen molar-refractivity contribution in [3.63, 3.8) is 0 Å². The molecular weight excluding hydrogens is 284 g/mol. The number of rotatable bonds is 8.